The van der Waals surface area contributed by atoms with E-state index in [9.17, 15) is 13.2 Å². The van der Waals surface area contributed by atoms with Crippen LogP contribution in [0.4, 0.5) is 5.69 Å². The third kappa shape index (κ3) is 4.75. The highest BCUT2D eigenvalue weighted by Gasteiger charge is 2.24. The Kier molecular flexibility index (Phi) is 6.64. The Morgan fingerprint density at radius 3 is 2.40 bits per heavy atom. The highest BCUT2D eigenvalue weighted by atomic mass is 35.5. The summed E-state index contributed by atoms with van der Waals surface area (Å²) in [6, 6.07) is 18.7. The molecule has 0 aliphatic heterocycles. The number of nitrogens with one attached hydrogen (secondary N) is 1. The molecule has 0 atom stereocenters. The molecule has 0 unspecified atom stereocenters. The van der Waals surface area contributed by atoms with Crippen molar-refractivity contribution in [1.82, 2.24) is 0 Å². The first-order valence-corrected chi connectivity index (χ1v) is 10.8. The van der Waals surface area contributed by atoms with Gasteiger partial charge in [0.1, 0.15) is 5.75 Å². The Bertz CT molecular complexity index is 1160. The maximum absolute atomic E-state index is 13.3. The van der Waals surface area contributed by atoms with Crippen molar-refractivity contribution in [2.24, 2.45) is 0 Å². The fraction of sp³-hybridized carbons (Fsp3) is 0.136. The lowest BCUT2D eigenvalue weighted by Gasteiger charge is -2.16. The van der Waals surface area contributed by atoms with E-state index in [0.29, 0.717) is 17.7 Å². The predicted molar refractivity (Wildman–Crippen MR) is 116 cm³/mol. The van der Waals surface area contributed by atoms with Crippen LogP contribution >= 0.6 is 11.6 Å². The summed E-state index contributed by atoms with van der Waals surface area (Å²) in [6.45, 7) is 0. The minimum Gasteiger partial charge on any atom is -0.497 e. The number of hydrogen-bond acceptors (Lipinski definition) is 5. The number of rotatable bonds is 7. The summed E-state index contributed by atoms with van der Waals surface area (Å²) < 4.78 is 39.0. The molecule has 3 aromatic carbocycles. The van der Waals surface area contributed by atoms with Gasteiger partial charge in [0, 0.05) is 0 Å². The van der Waals surface area contributed by atoms with Gasteiger partial charge in [0.25, 0.3) is 10.0 Å². The molecule has 30 heavy (non-hydrogen) atoms. The van der Waals surface area contributed by atoms with E-state index in [0.717, 1.165) is 5.56 Å². The van der Waals surface area contributed by atoms with E-state index in [1.165, 1.54) is 32.4 Å². The number of sulfonamides is 1. The van der Waals surface area contributed by atoms with Crippen molar-refractivity contribution in [2.45, 2.75) is 11.3 Å². The minimum absolute atomic E-state index is 0.0201. The van der Waals surface area contributed by atoms with Gasteiger partial charge in [-0.25, -0.2) is 13.2 Å². The van der Waals surface area contributed by atoms with E-state index in [2.05, 4.69) is 4.72 Å². The molecule has 156 valence electrons. The molecule has 0 radical (unpaired) electrons. The predicted octanol–water partition coefficient (Wildman–Crippen LogP) is 4.53. The van der Waals surface area contributed by atoms with Gasteiger partial charge in [-0.05, 0) is 47.9 Å². The molecule has 8 heteroatoms. The lowest BCUT2D eigenvalue weighted by atomic mass is 10.0. The number of benzene rings is 3. The Morgan fingerprint density at radius 1 is 1.00 bits per heavy atom. The van der Waals surface area contributed by atoms with Crippen molar-refractivity contribution < 1.29 is 22.7 Å². The van der Waals surface area contributed by atoms with Gasteiger partial charge in [-0.2, -0.15) is 0 Å². The topological polar surface area (TPSA) is 81.7 Å². The van der Waals surface area contributed by atoms with E-state index >= 15 is 0 Å². The van der Waals surface area contributed by atoms with Gasteiger partial charge >= 0.3 is 5.97 Å². The number of hydrogen-bond donors (Lipinski definition) is 1. The van der Waals surface area contributed by atoms with Crippen LogP contribution in [-0.2, 0) is 21.2 Å². The number of ether oxygens (including phenoxy) is 2. The van der Waals surface area contributed by atoms with Gasteiger partial charge < -0.3 is 9.47 Å². The SMILES string of the molecule is COC(=O)c1cccc(Cl)c1NS(=O)(=O)c1ccc(OC)cc1Cc1ccccc1. The van der Waals surface area contributed by atoms with Crippen LogP contribution in [0.15, 0.2) is 71.6 Å². The van der Waals surface area contributed by atoms with Crippen LogP contribution in [0.5, 0.6) is 5.75 Å². The molecule has 0 aromatic heterocycles. The second-order valence-electron chi connectivity index (χ2n) is 6.40. The average molecular weight is 446 g/mol. The fourth-order valence-corrected chi connectivity index (χ4v) is 4.60. The van der Waals surface area contributed by atoms with Crippen LogP contribution in [0.3, 0.4) is 0 Å². The molecule has 3 rings (SSSR count). The number of esters is 1. The van der Waals surface area contributed by atoms with Crippen LogP contribution < -0.4 is 9.46 Å². The summed E-state index contributed by atoms with van der Waals surface area (Å²) in [6.07, 6.45) is 0.376. The highest BCUT2D eigenvalue weighted by molar-refractivity contribution is 7.92. The molecular formula is C22H20ClNO5S. The van der Waals surface area contributed by atoms with Crippen LogP contribution in [0.25, 0.3) is 0 Å². The zero-order valence-corrected chi connectivity index (χ0v) is 18.0. The van der Waals surface area contributed by atoms with E-state index < -0.39 is 16.0 Å². The number of anilines is 1. The summed E-state index contributed by atoms with van der Waals surface area (Å²) in [5.41, 5.74) is 1.47. The normalized spacial score (nSPS) is 11.0. The Labute approximate surface area is 180 Å². The fourth-order valence-electron chi connectivity index (χ4n) is 3.00. The molecule has 0 amide bonds. The number of halogens is 1. The molecule has 6 nitrogen and oxygen atoms in total. The number of para-hydroxylation sites is 1. The second-order valence-corrected chi connectivity index (χ2v) is 8.45. The van der Waals surface area contributed by atoms with Gasteiger partial charge in [0.05, 0.1) is 35.4 Å². The second kappa shape index (κ2) is 9.19. The van der Waals surface area contributed by atoms with Crippen LogP contribution in [-0.4, -0.2) is 28.6 Å². The molecule has 3 aromatic rings. The zero-order chi connectivity index (χ0) is 21.7. The van der Waals surface area contributed by atoms with Crippen molar-refractivity contribution in [3.05, 3.63) is 88.4 Å². The molecule has 0 heterocycles. The van der Waals surface area contributed by atoms with Crippen LogP contribution in [0.2, 0.25) is 5.02 Å². The molecule has 0 aliphatic rings. The molecule has 0 fully saturated rings. The minimum atomic E-state index is -4.07. The lowest BCUT2D eigenvalue weighted by molar-refractivity contribution is 0.0602. The van der Waals surface area contributed by atoms with Gasteiger partial charge in [-0.1, -0.05) is 48.0 Å². The molecule has 0 saturated heterocycles. The van der Waals surface area contributed by atoms with E-state index in [4.69, 9.17) is 21.1 Å². The smallest absolute Gasteiger partial charge is 0.340 e. The summed E-state index contributed by atoms with van der Waals surface area (Å²) >= 11 is 6.19. The van der Waals surface area contributed by atoms with Crippen molar-refractivity contribution in [2.75, 3.05) is 18.9 Å². The van der Waals surface area contributed by atoms with Gasteiger partial charge in [0.2, 0.25) is 0 Å². The quantitative estimate of drug-likeness (QED) is 0.540. The van der Waals surface area contributed by atoms with E-state index in [-0.39, 0.29) is 21.2 Å². The Balaban J connectivity index is 2.06. The average Bonchev–Trinajstić information content (AvgIpc) is 2.75. The van der Waals surface area contributed by atoms with Crippen molar-refractivity contribution in [1.29, 1.82) is 0 Å². The largest absolute Gasteiger partial charge is 0.497 e. The third-order valence-electron chi connectivity index (χ3n) is 4.45. The highest BCUT2D eigenvalue weighted by Crippen LogP contribution is 2.31. The Hall–Kier alpha value is -3.03. The lowest BCUT2D eigenvalue weighted by Crippen LogP contribution is -2.18. The molecule has 1 N–H and O–H groups in total. The van der Waals surface area contributed by atoms with Gasteiger partial charge in [0.15, 0.2) is 0 Å². The zero-order valence-electron chi connectivity index (χ0n) is 16.4. The number of carbonyl (C=O) groups is 1. The van der Waals surface area contributed by atoms with Crippen molar-refractivity contribution in [3.8, 4) is 5.75 Å². The summed E-state index contributed by atoms with van der Waals surface area (Å²) in [5.74, 6) is -0.165. The Morgan fingerprint density at radius 2 is 1.73 bits per heavy atom. The first-order chi connectivity index (χ1) is 14.4. The van der Waals surface area contributed by atoms with E-state index in [1.54, 1.807) is 18.2 Å². The first-order valence-electron chi connectivity index (χ1n) is 8.96. The summed E-state index contributed by atoms with van der Waals surface area (Å²) in [4.78, 5) is 12.1. The molecule has 0 aliphatic carbocycles. The first kappa shape index (κ1) is 21.7. The van der Waals surface area contributed by atoms with E-state index in [1.807, 2.05) is 30.3 Å². The maximum atomic E-state index is 13.3. The number of methoxy groups -OCH3 is 2. The molecule has 0 saturated carbocycles. The van der Waals surface area contributed by atoms with Crippen molar-refractivity contribution in [3.63, 3.8) is 0 Å². The van der Waals surface area contributed by atoms with Gasteiger partial charge in [-0.3, -0.25) is 4.72 Å². The van der Waals surface area contributed by atoms with Crippen molar-refractivity contribution >= 4 is 33.3 Å². The number of carbonyl (C=O) groups excluding carboxylic acids is 1. The summed E-state index contributed by atoms with van der Waals surface area (Å²) in [7, 11) is -1.35. The maximum Gasteiger partial charge on any atom is 0.340 e. The van der Waals surface area contributed by atoms with Crippen LogP contribution in [0.1, 0.15) is 21.5 Å². The molecular weight excluding hydrogens is 426 g/mol. The standard InChI is InChI=1S/C22H20ClNO5S/c1-28-17-11-12-20(16(14-17)13-15-7-4-3-5-8-15)30(26,27)24-21-18(22(25)29-2)9-6-10-19(21)23/h3-12,14,24H,13H2,1-2H3. The third-order valence-corrected chi connectivity index (χ3v) is 6.22. The summed E-state index contributed by atoms with van der Waals surface area (Å²) in [5, 5.41) is 0.0830. The molecule has 0 spiro atoms. The van der Waals surface area contributed by atoms with Gasteiger partial charge in [-0.15, -0.1) is 0 Å². The molecule has 0 bridgehead atoms. The monoisotopic (exact) mass is 445 g/mol. The van der Waals surface area contributed by atoms with Crippen LogP contribution in [0, 0.1) is 0 Å².